The van der Waals surface area contributed by atoms with Crippen LogP contribution in [-0.2, 0) is 11.2 Å². The van der Waals surface area contributed by atoms with Gasteiger partial charge in [-0.3, -0.25) is 9.59 Å². The summed E-state index contributed by atoms with van der Waals surface area (Å²) in [5.41, 5.74) is 0.552. The van der Waals surface area contributed by atoms with Gasteiger partial charge in [0.05, 0.1) is 7.11 Å². The molecule has 0 bridgehead atoms. The summed E-state index contributed by atoms with van der Waals surface area (Å²) in [6.45, 7) is 5.79. The molecule has 0 unspecified atom stereocenters. The number of carbonyl (C=O) groups is 2. The second-order valence-electron chi connectivity index (χ2n) is 7.15. The van der Waals surface area contributed by atoms with Crippen molar-refractivity contribution in [2.24, 2.45) is 5.92 Å². The average molecular weight is 429 g/mol. The lowest BCUT2D eigenvalue weighted by atomic mass is 9.95. The molecule has 1 N–H and O–H groups in total. The van der Waals surface area contributed by atoms with E-state index in [0.717, 1.165) is 6.42 Å². The van der Waals surface area contributed by atoms with E-state index in [1.165, 1.54) is 4.88 Å². The van der Waals surface area contributed by atoms with Crippen LogP contribution in [0.3, 0.4) is 0 Å². The number of benzene rings is 1. The van der Waals surface area contributed by atoms with E-state index in [-0.39, 0.29) is 17.7 Å². The summed E-state index contributed by atoms with van der Waals surface area (Å²) >= 11 is 1.70. The number of carbonyl (C=O) groups excluding carboxylic acids is 2. The second kappa shape index (κ2) is 10.8. The van der Waals surface area contributed by atoms with E-state index in [2.05, 4.69) is 18.0 Å². The molecular formula is C23H28N2O4S. The summed E-state index contributed by atoms with van der Waals surface area (Å²) in [5, 5.41) is 5.07. The number of amides is 2. The molecule has 0 saturated carbocycles. The van der Waals surface area contributed by atoms with Crippen molar-refractivity contribution in [2.45, 2.75) is 19.3 Å². The minimum atomic E-state index is -0.0554. The van der Waals surface area contributed by atoms with Crippen LogP contribution in [0.2, 0.25) is 0 Å². The smallest absolute Gasteiger partial charge is 0.253 e. The Morgan fingerprint density at radius 1 is 1.27 bits per heavy atom. The Hall–Kier alpha value is -2.80. The van der Waals surface area contributed by atoms with Gasteiger partial charge in [0.1, 0.15) is 6.61 Å². The summed E-state index contributed by atoms with van der Waals surface area (Å²) in [4.78, 5) is 28.4. The van der Waals surface area contributed by atoms with E-state index in [1.807, 2.05) is 11.4 Å². The second-order valence-corrected chi connectivity index (χ2v) is 8.18. The van der Waals surface area contributed by atoms with Gasteiger partial charge in [-0.05, 0) is 48.9 Å². The molecule has 0 radical (unpaired) electrons. The fourth-order valence-corrected chi connectivity index (χ4v) is 4.21. The molecule has 30 heavy (non-hydrogen) atoms. The third-order valence-corrected chi connectivity index (χ3v) is 6.11. The highest BCUT2D eigenvalue weighted by molar-refractivity contribution is 7.09. The van der Waals surface area contributed by atoms with Gasteiger partial charge in [0.2, 0.25) is 5.91 Å². The Balaban J connectivity index is 1.49. The van der Waals surface area contributed by atoms with Gasteiger partial charge >= 0.3 is 0 Å². The Bertz CT molecular complexity index is 858. The monoisotopic (exact) mass is 428 g/mol. The summed E-state index contributed by atoms with van der Waals surface area (Å²) in [5.74, 6) is 1.08. The van der Waals surface area contributed by atoms with Crippen molar-refractivity contribution >= 4 is 23.2 Å². The lowest BCUT2D eigenvalue weighted by Gasteiger charge is -2.31. The van der Waals surface area contributed by atoms with Crippen LogP contribution in [0.5, 0.6) is 11.5 Å². The summed E-state index contributed by atoms with van der Waals surface area (Å²) in [6, 6.07) is 9.28. The number of thiophene rings is 1. The van der Waals surface area contributed by atoms with E-state index in [1.54, 1.807) is 47.6 Å². The molecule has 3 rings (SSSR count). The first kappa shape index (κ1) is 21.9. The number of nitrogens with zero attached hydrogens (tertiary/aromatic N) is 1. The highest BCUT2D eigenvalue weighted by Crippen LogP contribution is 2.29. The zero-order valence-corrected chi connectivity index (χ0v) is 18.1. The molecule has 1 aliphatic heterocycles. The van der Waals surface area contributed by atoms with Crippen molar-refractivity contribution in [3.63, 3.8) is 0 Å². The van der Waals surface area contributed by atoms with Crippen molar-refractivity contribution in [3.8, 4) is 11.5 Å². The quantitative estimate of drug-likeness (QED) is 0.621. The molecule has 1 saturated heterocycles. The largest absolute Gasteiger partial charge is 0.493 e. The Labute approximate surface area is 181 Å². The van der Waals surface area contributed by atoms with Crippen LogP contribution >= 0.6 is 11.3 Å². The summed E-state index contributed by atoms with van der Waals surface area (Å²) in [7, 11) is 1.55. The number of piperidine rings is 1. The lowest BCUT2D eigenvalue weighted by Crippen LogP contribution is -2.43. The molecule has 2 aromatic rings. The zero-order chi connectivity index (χ0) is 21.3. The van der Waals surface area contributed by atoms with E-state index >= 15 is 0 Å². The number of ether oxygens (including phenoxy) is 2. The number of hydrogen-bond acceptors (Lipinski definition) is 5. The average Bonchev–Trinajstić information content (AvgIpc) is 3.30. The molecule has 1 aliphatic rings. The predicted octanol–water partition coefficient (Wildman–Crippen LogP) is 3.53. The fraction of sp³-hybridized carbons (Fsp3) is 0.391. The molecule has 1 aromatic carbocycles. The van der Waals surface area contributed by atoms with Crippen LogP contribution in [0.4, 0.5) is 0 Å². The number of methoxy groups -OCH3 is 1. The maximum absolute atomic E-state index is 12.9. The first-order valence-electron chi connectivity index (χ1n) is 10.1. The van der Waals surface area contributed by atoms with Gasteiger partial charge in [-0.25, -0.2) is 0 Å². The number of likely N-dealkylation sites (tertiary alicyclic amines) is 1. The Morgan fingerprint density at radius 3 is 2.73 bits per heavy atom. The zero-order valence-electron chi connectivity index (χ0n) is 17.3. The van der Waals surface area contributed by atoms with E-state index in [4.69, 9.17) is 9.47 Å². The summed E-state index contributed by atoms with van der Waals surface area (Å²) in [6.07, 6.45) is 3.86. The van der Waals surface area contributed by atoms with E-state index in [9.17, 15) is 9.59 Å². The van der Waals surface area contributed by atoms with Crippen LogP contribution in [-0.4, -0.2) is 50.1 Å². The molecule has 0 spiro atoms. The normalized spacial score (nSPS) is 14.2. The fourth-order valence-electron chi connectivity index (χ4n) is 3.50. The van der Waals surface area contributed by atoms with E-state index in [0.29, 0.717) is 56.1 Å². The number of rotatable bonds is 9. The third-order valence-electron chi connectivity index (χ3n) is 5.17. The van der Waals surface area contributed by atoms with Gasteiger partial charge in [0.25, 0.3) is 5.91 Å². The maximum Gasteiger partial charge on any atom is 0.253 e. The molecular weight excluding hydrogens is 400 g/mol. The van der Waals surface area contributed by atoms with Crippen molar-refractivity contribution in [1.82, 2.24) is 10.2 Å². The van der Waals surface area contributed by atoms with Crippen molar-refractivity contribution < 1.29 is 19.1 Å². The first-order valence-corrected chi connectivity index (χ1v) is 11.0. The molecule has 1 aromatic heterocycles. The van der Waals surface area contributed by atoms with Crippen LogP contribution in [0.15, 0.2) is 48.4 Å². The van der Waals surface area contributed by atoms with Crippen LogP contribution in [0, 0.1) is 5.92 Å². The molecule has 2 heterocycles. The topological polar surface area (TPSA) is 67.9 Å². The number of nitrogens with one attached hydrogen (secondary N) is 1. The lowest BCUT2D eigenvalue weighted by molar-refractivity contribution is -0.126. The van der Waals surface area contributed by atoms with Crippen LogP contribution < -0.4 is 14.8 Å². The summed E-state index contributed by atoms with van der Waals surface area (Å²) < 4.78 is 10.9. The van der Waals surface area contributed by atoms with Gasteiger partial charge in [0, 0.05) is 36.0 Å². The molecule has 0 aliphatic carbocycles. The van der Waals surface area contributed by atoms with Gasteiger partial charge in [-0.2, -0.15) is 0 Å². The molecule has 160 valence electrons. The standard InChI is InChI=1S/C23H28N2O4S/c1-3-14-29-20-7-6-18(16-21(20)28-2)23(27)25-12-9-17(10-13-25)22(26)24-11-8-19-5-4-15-30-19/h3-7,15-17H,1,8-14H2,2H3,(H,24,26). The van der Waals surface area contributed by atoms with Crippen LogP contribution in [0.1, 0.15) is 28.1 Å². The third kappa shape index (κ3) is 5.63. The predicted molar refractivity (Wildman–Crippen MR) is 118 cm³/mol. The Morgan fingerprint density at radius 2 is 2.07 bits per heavy atom. The van der Waals surface area contributed by atoms with Gasteiger partial charge in [0.15, 0.2) is 11.5 Å². The van der Waals surface area contributed by atoms with Crippen molar-refractivity contribution in [3.05, 3.63) is 58.8 Å². The highest BCUT2D eigenvalue weighted by atomic mass is 32.1. The molecule has 6 nitrogen and oxygen atoms in total. The highest BCUT2D eigenvalue weighted by Gasteiger charge is 2.28. The van der Waals surface area contributed by atoms with Crippen molar-refractivity contribution in [1.29, 1.82) is 0 Å². The molecule has 0 atom stereocenters. The maximum atomic E-state index is 12.9. The SMILES string of the molecule is C=CCOc1ccc(C(=O)N2CCC(C(=O)NCCc3cccs3)CC2)cc1OC. The van der Waals surface area contributed by atoms with Crippen molar-refractivity contribution in [2.75, 3.05) is 33.4 Å². The Kier molecular flexibility index (Phi) is 7.90. The molecule has 7 heteroatoms. The number of hydrogen-bond donors (Lipinski definition) is 1. The van der Waals surface area contributed by atoms with Gasteiger partial charge in [-0.1, -0.05) is 18.7 Å². The molecule has 1 fully saturated rings. The minimum absolute atomic E-state index is 0.0402. The van der Waals surface area contributed by atoms with Crippen LogP contribution in [0.25, 0.3) is 0 Å². The van der Waals surface area contributed by atoms with Gasteiger partial charge in [-0.15, -0.1) is 11.3 Å². The van der Waals surface area contributed by atoms with Gasteiger partial charge < -0.3 is 19.7 Å². The molecule has 2 amide bonds. The first-order chi connectivity index (χ1) is 14.6. The minimum Gasteiger partial charge on any atom is -0.493 e. The van der Waals surface area contributed by atoms with E-state index < -0.39 is 0 Å².